The van der Waals surface area contributed by atoms with Crippen LogP contribution in [0.15, 0.2) is 48.0 Å². The summed E-state index contributed by atoms with van der Waals surface area (Å²) in [5.74, 6) is 2.22. The third-order valence-corrected chi connectivity index (χ3v) is 6.55. The molecule has 2 aliphatic rings. The van der Waals surface area contributed by atoms with Crippen LogP contribution >= 0.6 is 11.3 Å². The minimum absolute atomic E-state index is 0.0204. The van der Waals surface area contributed by atoms with Crippen molar-refractivity contribution in [2.75, 3.05) is 37.7 Å². The number of nitrogens with zero attached hydrogens (tertiary/aromatic N) is 4. The fourth-order valence-electron chi connectivity index (χ4n) is 3.80. The summed E-state index contributed by atoms with van der Waals surface area (Å²) in [5.41, 5.74) is 2.15. The second-order valence-corrected chi connectivity index (χ2v) is 8.44. The van der Waals surface area contributed by atoms with Crippen molar-refractivity contribution >= 4 is 23.1 Å². The number of anilines is 1. The van der Waals surface area contributed by atoms with Crippen LogP contribution in [0.25, 0.3) is 10.6 Å². The maximum atomic E-state index is 12.9. The maximum absolute atomic E-state index is 12.9. The predicted molar refractivity (Wildman–Crippen MR) is 120 cm³/mol. The number of hydrogen-bond donors (Lipinski definition) is 0. The second kappa shape index (κ2) is 8.55. The molecule has 1 atom stereocenters. The number of para-hydroxylation sites is 2. The van der Waals surface area contributed by atoms with Crippen molar-refractivity contribution in [2.45, 2.75) is 19.4 Å². The highest BCUT2D eigenvalue weighted by atomic mass is 32.1. The summed E-state index contributed by atoms with van der Waals surface area (Å²) in [6.45, 7) is 5.09. The molecule has 1 saturated heterocycles. The zero-order chi connectivity index (χ0) is 21.2. The van der Waals surface area contributed by atoms with Gasteiger partial charge in [0, 0.05) is 43.3 Å². The van der Waals surface area contributed by atoms with Crippen molar-refractivity contribution < 1.29 is 14.3 Å². The van der Waals surface area contributed by atoms with Crippen LogP contribution in [-0.4, -0.2) is 59.7 Å². The molecule has 5 rings (SSSR count). The third-order valence-electron chi connectivity index (χ3n) is 5.61. The van der Waals surface area contributed by atoms with E-state index in [2.05, 4.69) is 33.2 Å². The molecular formula is C23H24N4O3S. The average Bonchev–Trinajstić information content (AvgIpc) is 3.33. The first kappa shape index (κ1) is 19.8. The van der Waals surface area contributed by atoms with E-state index in [4.69, 9.17) is 9.47 Å². The zero-order valence-electron chi connectivity index (χ0n) is 17.4. The Bertz CT molecular complexity index is 1060. The molecule has 4 heterocycles. The fraction of sp³-hybridized carbons (Fsp3) is 0.348. The van der Waals surface area contributed by atoms with Crippen LogP contribution in [0.3, 0.4) is 0 Å². The van der Waals surface area contributed by atoms with E-state index in [9.17, 15) is 4.79 Å². The summed E-state index contributed by atoms with van der Waals surface area (Å²) in [6.07, 6.45) is 2.23. The van der Waals surface area contributed by atoms with Crippen LogP contribution in [0.2, 0.25) is 0 Å². The molecule has 1 fully saturated rings. The van der Waals surface area contributed by atoms with Gasteiger partial charge < -0.3 is 19.3 Å². The van der Waals surface area contributed by atoms with Gasteiger partial charge in [-0.2, -0.15) is 0 Å². The van der Waals surface area contributed by atoms with Crippen LogP contribution < -0.4 is 14.4 Å². The Kier molecular flexibility index (Phi) is 5.46. The van der Waals surface area contributed by atoms with E-state index in [0.717, 1.165) is 41.6 Å². The first-order chi connectivity index (χ1) is 15.2. The number of piperazine rings is 1. The number of carbonyl (C=O) groups excluding carboxylic acids is 1. The molecule has 160 valence electrons. The van der Waals surface area contributed by atoms with Gasteiger partial charge in [0.05, 0.1) is 5.69 Å². The molecule has 1 amide bonds. The first-order valence-corrected chi connectivity index (χ1v) is 11.4. The Morgan fingerprint density at radius 1 is 1.13 bits per heavy atom. The largest absolute Gasteiger partial charge is 0.485 e. The van der Waals surface area contributed by atoms with E-state index >= 15 is 0 Å². The number of carbonyl (C=O) groups is 1. The average molecular weight is 437 g/mol. The topological polar surface area (TPSA) is 67.8 Å². The standard InChI is InChI=1S/C23H24N4O3S/c1-2-17-15-31-22(25-17)16-7-8-21(24-13-16)26-9-11-27(12-10-26)23(28)20-14-29-18-5-3-4-6-19(18)30-20/h3-8,13,15,20H,2,9-12,14H2,1H3/t20-/m0/s1. The summed E-state index contributed by atoms with van der Waals surface area (Å²) in [5, 5.41) is 3.10. The number of benzene rings is 1. The Morgan fingerprint density at radius 2 is 1.94 bits per heavy atom. The van der Waals surface area contributed by atoms with Crippen molar-refractivity contribution in [3.8, 4) is 22.1 Å². The van der Waals surface area contributed by atoms with Crippen molar-refractivity contribution in [3.05, 3.63) is 53.7 Å². The van der Waals surface area contributed by atoms with Crippen LogP contribution in [0.5, 0.6) is 11.5 Å². The van der Waals surface area contributed by atoms with Crippen molar-refractivity contribution in [1.29, 1.82) is 0 Å². The van der Waals surface area contributed by atoms with E-state index in [-0.39, 0.29) is 12.5 Å². The summed E-state index contributed by atoms with van der Waals surface area (Å²) in [7, 11) is 0. The van der Waals surface area contributed by atoms with Gasteiger partial charge in [-0.25, -0.2) is 9.97 Å². The van der Waals surface area contributed by atoms with E-state index in [1.54, 1.807) is 11.3 Å². The van der Waals surface area contributed by atoms with Crippen molar-refractivity contribution in [3.63, 3.8) is 0 Å². The summed E-state index contributed by atoms with van der Waals surface area (Å²) >= 11 is 1.65. The number of aryl methyl sites for hydroxylation is 1. The van der Waals surface area contributed by atoms with E-state index in [0.29, 0.717) is 24.6 Å². The number of hydrogen-bond acceptors (Lipinski definition) is 7. The highest BCUT2D eigenvalue weighted by Crippen LogP contribution is 2.31. The molecule has 2 aliphatic heterocycles. The number of rotatable bonds is 4. The molecule has 0 bridgehead atoms. The molecule has 0 aliphatic carbocycles. The van der Waals surface area contributed by atoms with Gasteiger partial charge in [0.2, 0.25) is 6.10 Å². The molecule has 2 aromatic heterocycles. The highest BCUT2D eigenvalue weighted by molar-refractivity contribution is 7.13. The Hall–Kier alpha value is -3.13. The molecule has 3 aromatic rings. The molecule has 0 saturated carbocycles. The molecular weight excluding hydrogens is 412 g/mol. The molecule has 8 heteroatoms. The Balaban J connectivity index is 1.18. The van der Waals surface area contributed by atoms with Crippen LogP contribution in [0, 0.1) is 0 Å². The maximum Gasteiger partial charge on any atom is 0.267 e. The number of aromatic nitrogens is 2. The van der Waals surface area contributed by atoms with Crippen molar-refractivity contribution in [1.82, 2.24) is 14.9 Å². The first-order valence-electron chi connectivity index (χ1n) is 10.5. The molecule has 1 aromatic carbocycles. The van der Waals surface area contributed by atoms with Gasteiger partial charge in [-0.3, -0.25) is 4.79 Å². The van der Waals surface area contributed by atoms with E-state index in [1.807, 2.05) is 41.4 Å². The summed E-state index contributed by atoms with van der Waals surface area (Å²) in [4.78, 5) is 26.3. The fourth-order valence-corrected chi connectivity index (χ4v) is 4.70. The lowest BCUT2D eigenvalue weighted by molar-refractivity contribution is -0.141. The molecule has 0 radical (unpaired) electrons. The SMILES string of the molecule is CCc1csc(-c2ccc(N3CCN(C(=O)[C@@H]4COc5ccccc5O4)CC3)nc2)n1. The number of fused-ring (bicyclic) bond motifs is 1. The quantitative estimate of drug-likeness (QED) is 0.625. The van der Waals surface area contributed by atoms with E-state index in [1.165, 1.54) is 0 Å². The minimum Gasteiger partial charge on any atom is -0.485 e. The number of ether oxygens (including phenoxy) is 2. The smallest absolute Gasteiger partial charge is 0.267 e. The number of pyridine rings is 1. The van der Waals surface area contributed by atoms with Gasteiger partial charge in [-0.15, -0.1) is 11.3 Å². The summed E-state index contributed by atoms with van der Waals surface area (Å²) < 4.78 is 11.6. The molecule has 7 nitrogen and oxygen atoms in total. The Morgan fingerprint density at radius 3 is 2.65 bits per heavy atom. The number of thiazole rings is 1. The lowest BCUT2D eigenvalue weighted by Gasteiger charge is -2.37. The number of amides is 1. The zero-order valence-corrected chi connectivity index (χ0v) is 18.2. The third kappa shape index (κ3) is 4.07. The monoisotopic (exact) mass is 436 g/mol. The van der Waals surface area contributed by atoms with Gasteiger partial charge in [0.1, 0.15) is 17.4 Å². The molecule has 0 N–H and O–H groups in total. The predicted octanol–water partition coefficient (Wildman–Crippen LogP) is 3.26. The van der Waals surface area contributed by atoms with Crippen molar-refractivity contribution in [2.24, 2.45) is 0 Å². The summed E-state index contributed by atoms with van der Waals surface area (Å²) in [6, 6.07) is 11.6. The van der Waals surface area contributed by atoms with E-state index < -0.39 is 6.10 Å². The minimum atomic E-state index is -0.592. The van der Waals surface area contributed by atoms with Gasteiger partial charge >= 0.3 is 0 Å². The second-order valence-electron chi connectivity index (χ2n) is 7.58. The lowest BCUT2D eigenvalue weighted by Crippen LogP contribution is -2.54. The molecule has 0 unspecified atom stereocenters. The van der Waals surface area contributed by atoms with Gasteiger partial charge in [-0.05, 0) is 30.7 Å². The van der Waals surface area contributed by atoms with Crippen LogP contribution in [0.4, 0.5) is 5.82 Å². The lowest BCUT2D eigenvalue weighted by atomic mass is 10.2. The van der Waals surface area contributed by atoms with Gasteiger partial charge in [-0.1, -0.05) is 19.1 Å². The van der Waals surface area contributed by atoms with Crippen LogP contribution in [-0.2, 0) is 11.2 Å². The highest BCUT2D eigenvalue weighted by Gasteiger charge is 2.32. The normalized spacial score (nSPS) is 18.2. The van der Waals surface area contributed by atoms with Gasteiger partial charge in [0.25, 0.3) is 5.91 Å². The molecule has 0 spiro atoms. The van der Waals surface area contributed by atoms with Crippen LogP contribution in [0.1, 0.15) is 12.6 Å². The van der Waals surface area contributed by atoms with Gasteiger partial charge in [0.15, 0.2) is 11.5 Å². The molecule has 31 heavy (non-hydrogen) atoms. The Labute approximate surface area is 185 Å².